The lowest BCUT2D eigenvalue weighted by atomic mass is 10.1. The summed E-state index contributed by atoms with van der Waals surface area (Å²) in [4.78, 5) is 37.9. The van der Waals surface area contributed by atoms with Crippen LogP contribution in [0.1, 0.15) is 17.0 Å². The number of nitrogens with zero attached hydrogens (tertiary/aromatic N) is 6. The maximum Gasteiger partial charge on any atom is 0.324 e. The number of pyridine rings is 2. The topological polar surface area (TPSA) is 139 Å². The van der Waals surface area contributed by atoms with Crippen molar-refractivity contribution in [1.29, 1.82) is 0 Å². The Kier molecular flexibility index (Phi) is 10.1. The molecule has 3 N–H and O–H groups in total. The van der Waals surface area contributed by atoms with Gasteiger partial charge in [0.2, 0.25) is 5.95 Å². The predicted octanol–water partition coefficient (Wildman–Crippen LogP) is 7.25. The molecule has 2 amide bonds. The number of ether oxygens (including phenoxy) is 2. The molecule has 12 nitrogen and oxygen atoms in total. The first kappa shape index (κ1) is 32.4. The van der Waals surface area contributed by atoms with Crippen molar-refractivity contribution in [2.75, 3.05) is 35.1 Å². The third kappa shape index (κ3) is 8.63. The molecule has 6 aromatic rings. The maximum atomic E-state index is 12.4. The molecule has 0 saturated carbocycles. The molecule has 49 heavy (non-hydrogen) atoms. The summed E-state index contributed by atoms with van der Waals surface area (Å²) in [5.41, 5.74) is 4.18. The molecule has 0 bridgehead atoms. The van der Waals surface area contributed by atoms with E-state index in [2.05, 4.69) is 30.8 Å². The lowest BCUT2D eigenvalue weighted by Crippen LogP contribution is -2.25. The average molecular weight is 654 g/mol. The number of hydrogen-bond acceptors (Lipinski definition) is 10. The Morgan fingerprint density at radius 2 is 1.37 bits per heavy atom. The van der Waals surface area contributed by atoms with E-state index in [1.165, 1.54) is 0 Å². The first-order valence-corrected chi connectivity index (χ1v) is 15.5. The van der Waals surface area contributed by atoms with Crippen LogP contribution >= 0.6 is 0 Å². The number of amides is 2. The molecule has 0 spiro atoms. The monoisotopic (exact) mass is 653 g/mol. The van der Waals surface area contributed by atoms with Crippen molar-refractivity contribution >= 4 is 35.0 Å². The van der Waals surface area contributed by atoms with E-state index < -0.39 is 0 Å². The largest absolute Gasteiger partial charge is 0.497 e. The molecular weight excluding hydrogens is 618 g/mol. The standard InChI is InChI=1S/C37H35N9O3/c1-25-40-35(45-36(41-25)46(23-26-11-16-30(48-2)17-12-26)24-27-13-18-31(49-3)19-14-27)32-10-7-21-38-34(32)42-29-15-20-33(39-22-29)44-37(47)43-28-8-5-4-6-9-28/h4-22H,23-24H2,1-3H3,(H,38,42)(H2,39,43,44,47). The molecule has 3 aromatic carbocycles. The van der Waals surface area contributed by atoms with E-state index in [1.54, 1.807) is 50.9 Å². The summed E-state index contributed by atoms with van der Waals surface area (Å²) in [6.45, 7) is 2.94. The molecule has 0 saturated heterocycles. The second-order valence-corrected chi connectivity index (χ2v) is 11.0. The predicted molar refractivity (Wildman–Crippen MR) is 190 cm³/mol. The molecule has 0 unspecified atom stereocenters. The van der Waals surface area contributed by atoms with Crippen LogP contribution in [0.15, 0.2) is 116 Å². The fourth-order valence-electron chi connectivity index (χ4n) is 4.99. The van der Waals surface area contributed by atoms with Crippen LogP contribution in [0.25, 0.3) is 11.4 Å². The minimum Gasteiger partial charge on any atom is -0.497 e. The Labute approximate surface area is 284 Å². The highest BCUT2D eigenvalue weighted by molar-refractivity contribution is 5.99. The van der Waals surface area contributed by atoms with Gasteiger partial charge in [-0.2, -0.15) is 9.97 Å². The van der Waals surface area contributed by atoms with Crippen molar-refractivity contribution in [2.24, 2.45) is 0 Å². The zero-order valence-corrected chi connectivity index (χ0v) is 27.3. The summed E-state index contributed by atoms with van der Waals surface area (Å²) in [6.07, 6.45) is 3.31. The fourth-order valence-corrected chi connectivity index (χ4v) is 4.99. The van der Waals surface area contributed by atoms with Crippen molar-refractivity contribution in [3.8, 4) is 22.9 Å². The molecule has 0 atom stereocenters. The van der Waals surface area contributed by atoms with E-state index in [4.69, 9.17) is 24.4 Å². The third-order valence-corrected chi connectivity index (χ3v) is 7.43. The number of methoxy groups -OCH3 is 2. The molecule has 3 aromatic heterocycles. The Morgan fingerprint density at radius 3 is 1.98 bits per heavy atom. The molecule has 6 rings (SSSR count). The second kappa shape index (κ2) is 15.4. The first-order valence-electron chi connectivity index (χ1n) is 15.5. The minimum atomic E-state index is -0.388. The van der Waals surface area contributed by atoms with E-state index in [1.807, 2.05) is 85.8 Å². The van der Waals surface area contributed by atoms with Gasteiger partial charge in [0.05, 0.1) is 31.7 Å². The van der Waals surface area contributed by atoms with Crippen LogP contribution in [0.3, 0.4) is 0 Å². The number of aromatic nitrogens is 5. The fraction of sp³-hybridized carbons (Fsp3) is 0.135. The number of rotatable bonds is 12. The first-order chi connectivity index (χ1) is 23.9. The van der Waals surface area contributed by atoms with Gasteiger partial charge in [-0.05, 0) is 78.7 Å². The van der Waals surface area contributed by atoms with Gasteiger partial charge >= 0.3 is 6.03 Å². The third-order valence-electron chi connectivity index (χ3n) is 7.43. The van der Waals surface area contributed by atoms with Crippen molar-refractivity contribution in [1.82, 2.24) is 24.9 Å². The minimum absolute atomic E-state index is 0.388. The Bertz CT molecular complexity index is 1940. The zero-order chi connectivity index (χ0) is 34.0. The number of anilines is 5. The number of para-hydroxylation sites is 1. The van der Waals surface area contributed by atoms with E-state index in [-0.39, 0.29) is 6.03 Å². The van der Waals surface area contributed by atoms with Crippen LogP contribution in [0.5, 0.6) is 11.5 Å². The van der Waals surface area contributed by atoms with E-state index in [0.29, 0.717) is 59.3 Å². The van der Waals surface area contributed by atoms with Crippen LogP contribution < -0.4 is 30.3 Å². The highest BCUT2D eigenvalue weighted by Crippen LogP contribution is 2.28. The highest BCUT2D eigenvalue weighted by Gasteiger charge is 2.18. The number of carbonyl (C=O) groups is 1. The summed E-state index contributed by atoms with van der Waals surface area (Å²) in [7, 11) is 3.30. The average Bonchev–Trinajstić information content (AvgIpc) is 3.13. The van der Waals surface area contributed by atoms with E-state index >= 15 is 0 Å². The van der Waals surface area contributed by atoms with Crippen molar-refractivity contribution in [3.63, 3.8) is 0 Å². The van der Waals surface area contributed by atoms with Crippen molar-refractivity contribution < 1.29 is 14.3 Å². The Hall–Kier alpha value is -6.56. The van der Waals surface area contributed by atoms with Gasteiger partial charge in [-0.1, -0.05) is 42.5 Å². The van der Waals surface area contributed by atoms with E-state index in [9.17, 15) is 4.79 Å². The van der Waals surface area contributed by atoms with Crippen molar-refractivity contribution in [2.45, 2.75) is 20.0 Å². The van der Waals surface area contributed by atoms with Crippen LogP contribution in [-0.2, 0) is 13.1 Å². The van der Waals surface area contributed by atoms with Crippen molar-refractivity contribution in [3.05, 3.63) is 132 Å². The quantitative estimate of drug-likeness (QED) is 0.124. The summed E-state index contributed by atoms with van der Waals surface area (Å²) in [6, 6.07) is 31.9. The Balaban J connectivity index is 1.24. The maximum absolute atomic E-state index is 12.4. The lowest BCUT2D eigenvalue weighted by Gasteiger charge is -2.24. The molecule has 0 aliphatic rings. The smallest absolute Gasteiger partial charge is 0.324 e. The van der Waals surface area contributed by atoms with Gasteiger partial charge in [0, 0.05) is 25.0 Å². The van der Waals surface area contributed by atoms with Crippen LogP contribution in [0.2, 0.25) is 0 Å². The molecular formula is C37H35N9O3. The van der Waals surface area contributed by atoms with Gasteiger partial charge in [-0.25, -0.2) is 19.7 Å². The second-order valence-electron chi connectivity index (χ2n) is 11.0. The molecule has 0 aliphatic carbocycles. The van der Waals surface area contributed by atoms with Crippen LogP contribution in [0, 0.1) is 6.92 Å². The molecule has 0 aliphatic heterocycles. The highest BCUT2D eigenvalue weighted by atomic mass is 16.5. The molecule has 0 fully saturated rings. The van der Waals surface area contributed by atoms with Gasteiger partial charge in [0.25, 0.3) is 0 Å². The van der Waals surface area contributed by atoms with E-state index in [0.717, 1.165) is 22.6 Å². The number of urea groups is 1. The number of aryl methyl sites for hydroxylation is 1. The van der Waals surface area contributed by atoms with Crippen LogP contribution in [-0.4, -0.2) is 45.2 Å². The van der Waals surface area contributed by atoms with Gasteiger partial charge in [0.1, 0.15) is 29.0 Å². The van der Waals surface area contributed by atoms with Crippen LogP contribution in [0.4, 0.5) is 33.8 Å². The summed E-state index contributed by atoms with van der Waals surface area (Å²) < 4.78 is 10.7. The molecule has 12 heteroatoms. The normalized spacial score (nSPS) is 10.6. The number of hydrogen-bond donors (Lipinski definition) is 3. The van der Waals surface area contributed by atoms with Gasteiger partial charge in [-0.15, -0.1) is 0 Å². The summed E-state index contributed by atoms with van der Waals surface area (Å²) >= 11 is 0. The zero-order valence-electron chi connectivity index (χ0n) is 27.3. The Morgan fingerprint density at radius 1 is 0.694 bits per heavy atom. The van der Waals surface area contributed by atoms with Gasteiger partial charge in [0.15, 0.2) is 5.82 Å². The van der Waals surface area contributed by atoms with Gasteiger partial charge in [-0.3, -0.25) is 5.32 Å². The number of nitrogens with one attached hydrogen (secondary N) is 3. The number of benzene rings is 3. The molecule has 3 heterocycles. The summed E-state index contributed by atoms with van der Waals surface area (Å²) in [5, 5.41) is 8.84. The molecule has 0 radical (unpaired) electrons. The summed E-state index contributed by atoms with van der Waals surface area (Å²) in [5.74, 6) is 4.07. The SMILES string of the molecule is COc1ccc(CN(Cc2ccc(OC)cc2)c2nc(C)nc(-c3cccnc3Nc3ccc(NC(=O)Nc4ccccc4)nc3)n2)cc1. The number of carbonyl (C=O) groups excluding carboxylic acids is 1. The lowest BCUT2D eigenvalue weighted by molar-refractivity contribution is 0.262. The molecule has 246 valence electrons. The van der Waals surface area contributed by atoms with Gasteiger partial charge < -0.3 is 25.0 Å².